The second-order valence-electron chi connectivity index (χ2n) is 5.83. The number of rotatable bonds is 3. The molecule has 1 saturated heterocycles. The van der Waals surface area contributed by atoms with Gasteiger partial charge in [0.1, 0.15) is 12.2 Å². The van der Waals surface area contributed by atoms with Crippen LogP contribution in [0.4, 0.5) is 0 Å². The standard InChI is InChI=1S/C18H19NO4/c1-19-17(22)15(20)14(12-8-4-2-5-9-12)18(19,23)16(21)13-10-6-3-7-11-13/h2-11,14-16,20-21,23H,1H3/t14-,15-,16+,18+/m0/s1. The van der Waals surface area contributed by atoms with Crippen LogP contribution in [0.15, 0.2) is 60.7 Å². The van der Waals surface area contributed by atoms with Gasteiger partial charge in [-0.2, -0.15) is 0 Å². The zero-order valence-corrected chi connectivity index (χ0v) is 12.7. The minimum absolute atomic E-state index is 0.477. The van der Waals surface area contributed by atoms with Crippen molar-refractivity contribution >= 4 is 5.91 Å². The van der Waals surface area contributed by atoms with E-state index in [-0.39, 0.29) is 0 Å². The monoisotopic (exact) mass is 313 g/mol. The molecule has 5 heteroatoms. The van der Waals surface area contributed by atoms with Gasteiger partial charge in [-0.05, 0) is 11.1 Å². The number of carbonyl (C=O) groups excluding carboxylic acids is 1. The van der Waals surface area contributed by atoms with Gasteiger partial charge in [0, 0.05) is 7.05 Å². The van der Waals surface area contributed by atoms with Crippen LogP contribution in [0.1, 0.15) is 23.1 Å². The second-order valence-corrected chi connectivity index (χ2v) is 5.83. The smallest absolute Gasteiger partial charge is 0.254 e. The largest absolute Gasteiger partial charge is 0.383 e. The third-order valence-electron chi connectivity index (χ3n) is 4.57. The molecule has 1 fully saturated rings. The summed E-state index contributed by atoms with van der Waals surface area (Å²) in [4.78, 5) is 13.3. The highest BCUT2D eigenvalue weighted by atomic mass is 16.4. The SMILES string of the molecule is CN1C(=O)[C@@H](O)[C@H](c2ccccc2)[C@@]1(O)[C@H](O)c1ccccc1. The Kier molecular flexibility index (Phi) is 3.93. The van der Waals surface area contributed by atoms with Gasteiger partial charge in [0.05, 0.1) is 5.92 Å². The molecule has 1 amide bonds. The summed E-state index contributed by atoms with van der Waals surface area (Å²) >= 11 is 0. The third-order valence-corrected chi connectivity index (χ3v) is 4.57. The van der Waals surface area contributed by atoms with Crippen molar-refractivity contribution in [2.45, 2.75) is 23.9 Å². The van der Waals surface area contributed by atoms with Crippen molar-refractivity contribution in [1.82, 2.24) is 4.90 Å². The van der Waals surface area contributed by atoms with Crippen molar-refractivity contribution in [3.05, 3.63) is 71.8 Å². The molecule has 1 aliphatic heterocycles. The summed E-state index contributed by atoms with van der Waals surface area (Å²) in [6, 6.07) is 17.4. The lowest BCUT2D eigenvalue weighted by atomic mass is 9.81. The molecule has 1 heterocycles. The van der Waals surface area contributed by atoms with Crippen LogP contribution in [0.25, 0.3) is 0 Å². The molecule has 5 nitrogen and oxygen atoms in total. The van der Waals surface area contributed by atoms with E-state index in [1.54, 1.807) is 54.6 Å². The van der Waals surface area contributed by atoms with E-state index >= 15 is 0 Å². The molecule has 0 aromatic heterocycles. The molecular weight excluding hydrogens is 294 g/mol. The van der Waals surface area contributed by atoms with Gasteiger partial charge >= 0.3 is 0 Å². The summed E-state index contributed by atoms with van der Waals surface area (Å²) in [5.74, 6) is -1.56. The summed E-state index contributed by atoms with van der Waals surface area (Å²) in [5, 5.41) is 32.3. The van der Waals surface area contributed by atoms with E-state index in [4.69, 9.17) is 0 Å². The first-order valence-corrected chi connectivity index (χ1v) is 7.44. The van der Waals surface area contributed by atoms with E-state index in [2.05, 4.69) is 0 Å². The van der Waals surface area contributed by atoms with E-state index in [9.17, 15) is 20.1 Å². The average molecular weight is 313 g/mol. The lowest BCUT2D eigenvalue weighted by Gasteiger charge is -2.39. The molecule has 23 heavy (non-hydrogen) atoms. The fraction of sp³-hybridized carbons (Fsp3) is 0.278. The fourth-order valence-corrected chi connectivity index (χ4v) is 3.28. The Bertz CT molecular complexity index is 691. The normalized spacial score (nSPS) is 28.9. The number of likely N-dealkylation sites (N-methyl/N-ethyl adjacent to an activating group) is 1. The first-order chi connectivity index (χ1) is 11.0. The average Bonchev–Trinajstić information content (AvgIpc) is 2.77. The summed E-state index contributed by atoms with van der Waals surface area (Å²) < 4.78 is 0. The number of hydrogen-bond acceptors (Lipinski definition) is 4. The van der Waals surface area contributed by atoms with Gasteiger partial charge in [0.2, 0.25) is 0 Å². The van der Waals surface area contributed by atoms with Crippen LogP contribution in [-0.4, -0.2) is 45.0 Å². The molecule has 0 bridgehead atoms. The number of aliphatic hydroxyl groups is 3. The summed E-state index contributed by atoms with van der Waals surface area (Å²) in [6.07, 6.45) is -2.76. The molecule has 4 atom stereocenters. The Morgan fingerprint density at radius 1 is 1.04 bits per heavy atom. The van der Waals surface area contributed by atoms with Gasteiger partial charge in [-0.1, -0.05) is 60.7 Å². The lowest BCUT2D eigenvalue weighted by Crippen LogP contribution is -2.51. The Morgan fingerprint density at radius 2 is 1.57 bits per heavy atom. The molecule has 2 aromatic rings. The van der Waals surface area contributed by atoms with Gasteiger partial charge < -0.3 is 20.2 Å². The molecule has 3 N–H and O–H groups in total. The molecule has 120 valence electrons. The molecule has 3 rings (SSSR count). The van der Waals surface area contributed by atoms with Crippen LogP contribution in [0.2, 0.25) is 0 Å². The number of hydrogen-bond donors (Lipinski definition) is 3. The number of nitrogens with zero attached hydrogens (tertiary/aromatic N) is 1. The Labute approximate surface area is 134 Å². The number of amides is 1. The van der Waals surface area contributed by atoms with Crippen molar-refractivity contribution in [2.24, 2.45) is 0 Å². The summed E-state index contributed by atoms with van der Waals surface area (Å²) in [7, 11) is 1.39. The molecule has 0 spiro atoms. The zero-order valence-electron chi connectivity index (χ0n) is 12.7. The first kappa shape index (κ1) is 15.7. The highest BCUT2D eigenvalue weighted by Crippen LogP contribution is 2.47. The van der Waals surface area contributed by atoms with Gasteiger partial charge in [0.15, 0.2) is 5.72 Å². The molecule has 0 saturated carbocycles. The Balaban J connectivity index is 2.11. The predicted molar refractivity (Wildman–Crippen MR) is 84.3 cm³/mol. The van der Waals surface area contributed by atoms with Crippen molar-refractivity contribution in [3.8, 4) is 0 Å². The lowest BCUT2D eigenvalue weighted by molar-refractivity contribution is -0.174. The van der Waals surface area contributed by atoms with Crippen LogP contribution in [0, 0.1) is 0 Å². The number of likely N-dealkylation sites (tertiary alicyclic amines) is 1. The van der Waals surface area contributed by atoms with Crippen LogP contribution >= 0.6 is 0 Å². The summed E-state index contributed by atoms with van der Waals surface area (Å²) in [6.45, 7) is 0. The van der Waals surface area contributed by atoms with Gasteiger partial charge in [-0.25, -0.2) is 0 Å². The van der Waals surface area contributed by atoms with E-state index in [0.29, 0.717) is 11.1 Å². The second kappa shape index (κ2) is 5.77. The van der Waals surface area contributed by atoms with E-state index < -0.39 is 29.8 Å². The van der Waals surface area contributed by atoms with E-state index in [1.165, 1.54) is 7.05 Å². The first-order valence-electron chi connectivity index (χ1n) is 7.44. The number of carbonyl (C=O) groups is 1. The van der Waals surface area contributed by atoms with Crippen molar-refractivity contribution in [2.75, 3.05) is 7.05 Å². The zero-order chi connectivity index (χ0) is 16.6. The topological polar surface area (TPSA) is 81.0 Å². The Morgan fingerprint density at radius 3 is 2.13 bits per heavy atom. The van der Waals surface area contributed by atoms with Crippen LogP contribution < -0.4 is 0 Å². The maximum absolute atomic E-state index is 12.2. The van der Waals surface area contributed by atoms with Crippen molar-refractivity contribution < 1.29 is 20.1 Å². The van der Waals surface area contributed by atoms with Gasteiger partial charge in [-0.15, -0.1) is 0 Å². The van der Waals surface area contributed by atoms with E-state index in [1.807, 2.05) is 6.07 Å². The molecule has 0 radical (unpaired) electrons. The predicted octanol–water partition coefficient (Wildman–Crippen LogP) is 1.03. The molecule has 1 aliphatic rings. The minimum atomic E-state index is -1.93. The number of benzene rings is 2. The van der Waals surface area contributed by atoms with Crippen LogP contribution in [0.3, 0.4) is 0 Å². The maximum Gasteiger partial charge on any atom is 0.254 e. The Hall–Kier alpha value is -2.21. The van der Waals surface area contributed by atoms with Gasteiger partial charge in [-0.3, -0.25) is 4.79 Å². The highest BCUT2D eigenvalue weighted by molar-refractivity contribution is 5.86. The van der Waals surface area contributed by atoms with Crippen LogP contribution in [0.5, 0.6) is 0 Å². The van der Waals surface area contributed by atoms with Gasteiger partial charge in [0.25, 0.3) is 5.91 Å². The summed E-state index contributed by atoms with van der Waals surface area (Å²) in [5.41, 5.74) is -0.862. The fourth-order valence-electron chi connectivity index (χ4n) is 3.28. The number of aliphatic hydroxyl groups excluding tert-OH is 2. The maximum atomic E-state index is 12.2. The molecule has 0 unspecified atom stereocenters. The molecular formula is C18H19NO4. The minimum Gasteiger partial charge on any atom is -0.383 e. The van der Waals surface area contributed by atoms with E-state index in [0.717, 1.165) is 4.90 Å². The molecule has 0 aliphatic carbocycles. The van der Waals surface area contributed by atoms with Crippen molar-refractivity contribution in [1.29, 1.82) is 0 Å². The third kappa shape index (κ3) is 2.34. The molecule has 2 aromatic carbocycles. The highest BCUT2D eigenvalue weighted by Gasteiger charge is 2.60. The van der Waals surface area contributed by atoms with Crippen LogP contribution in [-0.2, 0) is 4.79 Å². The van der Waals surface area contributed by atoms with Crippen molar-refractivity contribution in [3.63, 3.8) is 0 Å². The quantitative estimate of drug-likeness (QED) is 0.790.